The van der Waals surface area contributed by atoms with Gasteiger partial charge in [-0.2, -0.15) is 0 Å². The normalized spacial score (nSPS) is 22.2. The third-order valence-electron chi connectivity index (χ3n) is 2.60. The van der Waals surface area contributed by atoms with Crippen LogP contribution in [-0.2, 0) is 6.42 Å². The number of aryl methyl sites for hydroxylation is 1. The van der Waals surface area contributed by atoms with Crippen LogP contribution in [0.2, 0.25) is 0 Å². The summed E-state index contributed by atoms with van der Waals surface area (Å²) >= 11 is 1.93. The van der Waals surface area contributed by atoms with Crippen molar-refractivity contribution in [2.45, 2.75) is 25.2 Å². The third-order valence-corrected chi connectivity index (χ3v) is 3.72. The number of likely N-dealkylation sites (N-methyl/N-ethyl adjacent to an activating group) is 1. The highest BCUT2D eigenvalue weighted by Crippen LogP contribution is 2.34. The first-order valence-corrected chi connectivity index (χ1v) is 5.50. The van der Waals surface area contributed by atoms with Crippen LogP contribution in [0.15, 0.2) is 11.4 Å². The van der Waals surface area contributed by atoms with Gasteiger partial charge >= 0.3 is 0 Å². The van der Waals surface area contributed by atoms with E-state index in [0.29, 0.717) is 0 Å². The van der Waals surface area contributed by atoms with Gasteiger partial charge in [-0.1, -0.05) is 0 Å². The Morgan fingerprint density at radius 3 is 3.42 bits per heavy atom. The summed E-state index contributed by atoms with van der Waals surface area (Å²) in [4.78, 5) is 1.63. The van der Waals surface area contributed by atoms with Crippen molar-refractivity contribution >= 4 is 11.3 Å². The van der Waals surface area contributed by atoms with Gasteiger partial charge in [-0.25, -0.2) is 0 Å². The number of hydrogen-bond donors (Lipinski definition) is 1. The molecule has 1 N–H and O–H groups in total. The number of fused-ring (bicyclic) bond motifs is 1. The van der Waals surface area contributed by atoms with Crippen molar-refractivity contribution in [2.75, 3.05) is 13.6 Å². The molecule has 0 saturated carbocycles. The molecule has 12 heavy (non-hydrogen) atoms. The molecule has 0 aromatic carbocycles. The lowest BCUT2D eigenvalue weighted by atomic mass is 9.89. The molecule has 2 heteroatoms. The van der Waals surface area contributed by atoms with Crippen LogP contribution in [0.25, 0.3) is 0 Å². The molecule has 0 radical (unpaired) electrons. The highest BCUT2D eigenvalue weighted by molar-refractivity contribution is 7.10. The van der Waals surface area contributed by atoms with E-state index in [0.717, 1.165) is 12.5 Å². The monoisotopic (exact) mass is 181 g/mol. The summed E-state index contributed by atoms with van der Waals surface area (Å²) in [5.74, 6) is 0.791. The van der Waals surface area contributed by atoms with Crippen LogP contribution < -0.4 is 5.32 Å². The molecule has 1 aliphatic carbocycles. The minimum Gasteiger partial charge on any atom is -0.319 e. The Morgan fingerprint density at radius 1 is 1.67 bits per heavy atom. The van der Waals surface area contributed by atoms with E-state index in [1.54, 1.807) is 10.4 Å². The maximum Gasteiger partial charge on any atom is 0.0121 e. The van der Waals surface area contributed by atoms with Gasteiger partial charge in [0.05, 0.1) is 0 Å². The summed E-state index contributed by atoms with van der Waals surface area (Å²) in [5.41, 5.74) is 1.60. The molecule has 0 bridgehead atoms. The fourth-order valence-corrected chi connectivity index (χ4v) is 3.12. The molecule has 0 aliphatic heterocycles. The van der Waals surface area contributed by atoms with E-state index in [1.165, 1.54) is 19.3 Å². The number of rotatable bonds is 2. The van der Waals surface area contributed by atoms with Crippen molar-refractivity contribution in [3.8, 4) is 0 Å². The van der Waals surface area contributed by atoms with Crippen molar-refractivity contribution in [2.24, 2.45) is 0 Å². The highest BCUT2D eigenvalue weighted by Gasteiger charge is 2.20. The van der Waals surface area contributed by atoms with E-state index in [2.05, 4.69) is 16.8 Å². The highest BCUT2D eigenvalue weighted by atomic mass is 32.1. The fraction of sp³-hybridized carbons (Fsp3) is 0.600. The zero-order valence-electron chi connectivity index (χ0n) is 7.47. The van der Waals surface area contributed by atoms with Crippen LogP contribution >= 0.6 is 11.3 Å². The quantitative estimate of drug-likeness (QED) is 0.738. The minimum atomic E-state index is 0.791. The molecule has 2 rings (SSSR count). The lowest BCUT2D eigenvalue weighted by molar-refractivity contribution is 0.538. The van der Waals surface area contributed by atoms with Crippen molar-refractivity contribution in [1.82, 2.24) is 5.32 Å². The summed E-state index contributed by atoms with van der Waals surface area (Å²) in [6.07, 6.45) is 4.05. The molecule has 66 valence electrons. The van der Waals surface area contributed by atoms with Gasteiger partial charge in [-0.3, -0.25) is 0 Å². The first-order valence-electron chi connectivity index (χ1n) is 4.62. The Bertz CT molecular complexity index is 254. The molecule has 1 unspecified atom stereocenters. The van der Waals surface area contributed by atoms with Crippen LogP contribution in [0.1, 0.15) is 29.2 Å². The smallest absolute Gasteiger partial charge is 0.0121 e. The number of nitrogens with one attached hydrogen (secondary N) is 1. The maximum atomic E-state index is 3.27. The molecule has 1 aliphatic rings. The summed E-state index contributed by atoms with van der Waals surface area (Å²) in [5, 5.41) is 5.51. The Balaban J connectivity index is 2.19. The molecular weight excluding hydrogens is 166 g/mol. The van der Waals surface area contributed by atoms with E-state index < -0.39 is 0 Å². The molecule has 1 nitrogen and oxygen atoms in total. The van der Waals surface area contributed by atoms with Gasteiger partial charge in [0.15, 0.2) is 0 Å². The third kappa shape index (κ3) is 1.41. The summed E-state index contributed by atoms with van der Waals surface area (Å²) in [6, 6.07) is 2.29. The Labute approximate surface area is 77.8 Å². The summed E-state index contributed by atoms with van der Waals surface area (Å²) in [7, 11) is 2.04. The van der Waals surface area contributed by atoms with Crippen LogP contribution in [-0.4, -0.2) is 13.6 Å². The van der Waals surface area contributed by atoms with Crippen molar-refractivity contribution in [3.63, 3.8) is 0 Å². The Morgan fingerprint density at radius 2 is 2.58 bits per heavy atom. The van der Waals surface area contributed by atoms with Crippen LogP contribution in [0.3, 0.4) is 0 Å². The molecular formula is C10H15NS. The van der Waals surface area contributed by atoms with Gasteiger partial charge in [0.25, 0.3) is 0 Å². The van der Waals surface area contributed by atoms with Gasteiger partial charge in [-0.15, -0.1) is 11.3 Å². The summed E-state index contributed by atoms with van der Waals surface area (Å²) in [6.45, 7) is 1.15. The lowest BCUT2D eigenvalue weighted by Gasteiger charge is -2.21. The standard InChI is InChI=1S/C10H15NS/c1-11-7-9-4-2-3-8-5-6-12-10(8)9/h5-6,9,11H,2-4,7H2,1H3. The zero-order chi connectivity index (χ0) is 8.39. The van der Waals surface area contributed by atoms with E-state index in [4.69, 9.17) is 0 Å². The second-order valence-corrected chi connectivity index (χ2v) is 4.40. The molecule has 0 spiro atoms. The molecule has 0 fully saturated rings. The van der Waals surface area contributed by atoms with Crippen LogP contribution in [0, 0.1) is 0 Å². The minimum absolute atomic E-state index is 0.791. The lowest BCUT2D eigenvalue weighted by Crippen LogP contribution is -2.19. The SMILES string of the molecule is CNCC1CCCc2ccsc21. The van der Waals surface area contributed by atoms with Gasteiger partial charge in [-0.05, 0) is 43.3 Å². The first-order chi connectivity index (χ1) is 5.92. The Hall–Kier alpha value is -0.340. The predicted molar refractivity (Wildman–Crippen MR) is 53.9 cm³/mol. The topological polar surface area (TPSA) is 12.0 Å². The van der Waals surface area contributed by atoms with E-state index >= 15 is 0 Å². The van der Waals surface area contributed by atoms with Gasteiger partial charge in [0.2, 0.25) is 0 Å². The first kappa shape index (κ1) is 8.27. The summed E-state index contributed by atoms with van der Waals surface area (Å²) < 4.78 is 0. The maximum absolute atomic E-state index is 3.27. The van der Waals surface area contributed by atoms with Crippen molar-refractivity contribution < 1.29 is 0 Å². The van der Waals surface area contributed by atoms with Gasteiger partial charge in [0.1, 0.15) is 0 Å². The molecule has 0 amide bonds. The van der Waals surface area contributed by atoms with Crippen LogP contribution in [0.5, 0.6) is 0 Å². The average molecular weight is 181 g/mol. The number of hydrogen-bond acceptors (Lipinski definition) is 2. The average Bonchev–Trinajstić information content (AvgIpc) is 2.53. The van der Waals surface area contributed by atoms with Crippen molar-refractivity contribution in [1.29, 1.82) is 0 Å². The van der Waals surface area contributed by atoms with E-state index in [-0.39, 0.29) is 0 Å². The largest absolute Gasteiger partial charge is 0.319 e. The second kappa shape index (κ2) is 3.58. The van der Waals surface area contributed by atoms with Crippen molar-refractivity contribution in [3.05, 3.63) is 21.9 Å². The predicted octanol–water partition coefficient (Wildman–Crippen LogP) is 2.39. The fourth-order valence-electron chi connectivity index (χ4n) is 2.02. The molecule has 0 saturated heterocycles. The molecule has 1 aromatic rings. The Kier molecular flexibility index (Phi) is 2.47. The zero-order valence-corrected chi connectivity index (χ0v) is 8.29. The van der Waals surface area contributed by atoms with E-state index in [1.807, 2.05) is 18.4 Å². The second-order valence-electron chi connectivity index (χ2n) is 3.46. The molecule has 1 heterocycles. The molecule has 1 atom stereocenters. The van der Waals surface area contributed by atoms with Gasteiger partial charge in [0, 0.05) is 17.3 Å². The van der Waals surface area contributed by atoms with E-state index in [9.17, 15) is 0 Å². The molecule has 1 aromatic heterocycles. The number of thiophene rings is 1. The van der Waals surface area contributed by atoms with Crippen LogP contribution in [0.4, 0.5) is 0 Å². The van der Waals surface area contributed by atoms with Gasteiger partial charge < -0.3 is 5.32 Å².